The maximum absolute atomic E-state index is 12.5. The van der Waals surface area contributed by atoms with Crippen LogP contribution in [0.5, 0.6) is 0 Å². The van der Waals surface area contributed by atoms with E-state index < -0.39 is 5.60 Å². The van der Waals surface area contributed by atoms with Gasteiger partial charge in [0.2, 0.25) is 0 Å². The lowest BCUT2D eigenvalue weighted by atomic mass is 10.1. The number of ether oxygens (including phenoxy) is 2. The van der Waals surface area contributed by atoms with Crippen LogP contribution >= 0.6 is 31.9 Å². The van der Waals surface area contributed by atoms with Crippen molar-refractivity contribution in [2.45, 2.75) is 51.5 Å². The molecule has 0 radical (unpaired) electrons. The van der Waals surface area contributed by atoms with Crippen LogP contribution in [0.15, 0.2) is 51.4 Å². The number of benzene rings is 2. The highest BCUT2D eigenvalue weighted by molar-refractivity contribution is 9.11. The number of carbonyl (C=O) groups is 1. The quantitative estimate of drug-likeness (QED) is 0.459. The van der Waals surface area contributed by atoms with Crippen LogP contribution < -0.4 is 0 Å². The second kappa shape index (κ2) is 9.84. The molecule has 2 unspecified atom stereocenters. The van der Waals surface area contributed by atoms with E-state index >= 15 is 0 Å². The summed E-state index contributed by atoms with van der Waals surface area (Å²) in [5.74, 6) is 0. The Bertz CT molecular complexity index is 948. The van der Waals surface area contributed by atoms with E-state index in [0.717, 1.165) is 34.0 Å². The number of hydrogen-bond donors (Lipinski definition) is 0. The molecule has 4 rings (SSSR count). The molecule has 1 fully saturated rings. The molecule has 1 heterocycles. The number of amides is 1. The van der Waals surface area contributed by atoms with Crippen LogP contribution in [0.4, 0.5) is 4.79 Å². The predicted octanol–water partition coefficient (Wildman–Crippen LogP) is 5.95. The largest absolute Gasteiger partial charge is 0.444 e. The molecule has 2 aromatic rings. The highest BCUT2D eigenvalue weighted by atomic mass is 79.9. The van der Waals surface area contributed by atoms with Gasteiger partial charge in [0.25, 0.3) is 0 Å². The Balaban J connectivity index is 1.44. The summed E-state index contributed by atoms with van der Waals surface area (Å²) in [7, 11) is 0. The van der Waals surface area contributed by atoms with Gasteiger partial charge in [-0.15, -0.1) is 0 Å². The Morgan fingerprint density at radius 2 is 1.69 bits per heavy atom. The molecule has 0 spiro atoms. The minimum absolute atomic E-state index is 0.0817. The van der Waals surface area contributed by atoms with Crippen LogP contribution in [0.2, 0.25) is 0 Å². The van der Waals surface area contributed by atoms with Gasteiger partial charge < -0.3 is 14.4 Å². The van der Waals surface area contributed by atoms with E-state index in [1.165, 1.54) is 11.1 Å². The van der Waals surface area contributed by atoms with Gasteiger partial charge in [-0.3, -0.25) is 4.90 Å². The Hall–Kier alpha value is -1.41. The van der Waals surface area contributed by atoms with Gasteiger partial charge in [-0.25, -0.2) is 4.79 Å². The molecule has 172 valence electrons. The molecule has 0 saturated carbocycles. The molecule has 0 aromatic heterocycles. The van der Waals surface area contributed by atoms with Crippen molar-refractivity contribution in [3.63, 3.8) is 0 Å². The van der Waals surface area contributed by atoms with Gasteiger partial charge in [-0.1, -0.05) is 56.1 Å². The lowest BCUT2D eigenvalue weighted by molar-refractivity contribution is -0.0330. The maximum Gasteiger partial charge on any atom is 0.410 e. The molecule has 32 heavy (non-hydrogen) atoms. The van der Waals surface area contributed by atoms with Gasteiger partial charge >= 0.3 is 6.09 Å². The van der Waals surface area contributed by atoms with Crippen LogP contribution in [0, 0.1) is 0 Å². The fourth-order valence-electron chi connectivity index (χ4n) is 4.53. The van der Waals surface area contributed by atoms with E-state index in [1.54, 1.807) is 0 Å². The molecular weight excluding hydrogens is 536 g/mol. The summed E-state index contributed by atoms with van der Waals surface area (Å²) in [5.41, 5.74) is 3.36. The summed E-state index contributed by atoms with van der Waals surface area (Å²) < 4.78 is 14.1. The highest BCUT2D eigenvalue weighted by Crippen LogP contribution is 2.39. The fraction of sp³-hybridized carbons (Fsp3) is 0.480. The first-order valence-electron chi connectivity index (χ1n) is 11.1. The molecule has 2 aliphatic rings. The van der Waals surface area contributed by atoms with E-state index in [2.05, 4.69) is 73.2 Å². The van der Waals surface area contributed by atoms with Gasteiger partial charge in [0.1, 0.15) is 5.60 Å². The van der Waals surface area contributed by atoms with E-state index in [-0.39, 0.29) is 18.2 Å². The number of nitrogens with zero attached hydrogens (tertiary/aromatic N) is 2. The van der Waals surface area contributed by atoms with Crippen molar-refractivity contribution in [3.8, 4) is 0 Å². The average Bonchev–Trinajstić information content (AvgIpc) is 3.09. The molecule has 2 aromatic carbocycles. The van der Waals surface area contributed by atoms with Crippen molar-refractivity contribution in [2.24, 2.45) is 0 Å². The number of piperazine rings is 1. The van der Waals surface area contributed by atoms with Gasteiger partial charge in [0.05, 0.1) is 18.8 Å². The van der Waals surface area contributed by atoms with Crippen molar-refractivity contribution in [1.29, 1.82) is 0 Å². The zero-order valence-corrected chi connectivity index (χ0v) is 22.0. The number of hydrogen-bond acceptors (Lipinski definition) is 4. The molecule has 1 saturated heterocycles. The molecule has 1 aliphatic carbocycles. The summed E-state index contributed by atoms with van der Waals surface area (Å²) in [5, 5.41) is 0. The molecule has 1 aliphatic heterocycles. The van der Waals surface area contributed by atoms with Crippen molar-refractivity contribution >= 4 is 38.0 Å². The van der Waals surface area contributed by atoms with Gasteiger partial charge in [0, 0.05) is 41.5 Å². The van der Waals surface area contributed by atoms with Gasteiger partial charge in [-0.05, 0) is 55.7 Å². The Labute approximate surface area is 207 Å². The molecule has 7 heteroatoms. The summed E-state index contributed by atoms with van der Waals surface area (Å²) in [6.07, 6.45) is 0.762. The third-order valence-electron chi connectivity index (χ3n) is 5.89. The molecule has 0 N–H and O–H groups in total. The minimum Gasteiger partial charge on any atom is -0.444 e. The lowest BCUT2D eigenvalue weighted by Crippen LogP contribution is -2.52. The van der Waals surface area contributed by atoms with E-state index in [4.69, 9.17) is 9.47 Å². The highest BCUT2D eigenvalue weighted by Gasteiger charge is 2.39. The van der Waals surface area contributed by atoms with E-state index in [1.807, 2.05) is 31.7 Å². The van der Waals surface area contributed by atoms with Crippen molar-refractivity contribution in [3.05, 3.63) is 68.1 Å². The summed E-state index contributed by atoms with van der Waals surface area (Å²) in [6.45, 7) is 9.22. The van der Waals surface area contributed by atoms with Crippen LogP contribution in [0.3, 0.4) is 0 Å². The Morgan fingerprint density at radius 3 is 2.34 bits per heavy atom. The van der Waals surface area contributed by atoms with E-state index in [9.17, 15) is 4.79 Å². The van der Waals surface area contributed by atoms with Crippen LogP contribution in [-0.2, 0) is 22.5 Å². The zero-order valence-electron chi connectivity index (χ0n) is 18.8. The van der Waals surface area contributed by atoms with Crippen molar-refractivity contribution in [1.82, 2.24) is 9.80 Å². The molecule has 2 atom stereocenters. The Kier molecular flexibility index (Phi) is 7.30. The molecular formula is C25H30Br2N2O3. The number of carbonyl (C=O) groups excluding carboxylic acids is 1. The molecule has 1 amide bonds. The zero-order chi connectivity index (χ0) is 22.9. The van der Waals surface area contributed by atoms with E-state index in [0.29, 0.717) is 19.7 Å². The average molecular weight is 566 g/mol. The minimum atomic E-state index is -0.473. The first kappa shape index (κ1) is 23.7. The molecule has 0 bridgehead atoms. The predicted molar refractivity (Wildman–Crippen MR) is 133 cm³/mol. The summed E-state index contributed by atoms with van der Waals surface area (Å²) >= 11 is 7.13. The number of rotatable bonds is 4. The molecule has 5 nitrogen and oxygen atoms in total. The number of fused-ring (bicyclic) bond motifs is 1. The first-order chi connectivity index (χ1) is 15.2. The fourth-order valence-corrected chi connectivity index (χ4v) is 5.91. The lowest BCUT2D eigenvalue weighted by Gasteiger charge is -2.40. The second-order valence-electron chi connectivity index (χ2n) is 9.48. The topological polar surface area (TPSA) is 42.0 Å². The van der Waals surface area contributed by atoms with Crippen LogP contribution in [-0.4, -0.2) is 53.8 Å². The van der Waals surface area contributed by atoms with Crippen molar-refractivity contribution in [2.75, 3.05) is 26.2 Å². The van der Waals surface area contributed by atoms with Crippen molar-refractivity contribution < 1.29 is 14.3 Å². The third-order valence-corrected chi connectivity index (χ3v) is 6.81. The van der Waals surface area contributed by atoms with Crippen LogP contribution in [0.25, 0.3) is 0 Å². The monoisotopic (exact) mass is 564 g/mol. The second-order valence-corrected chi connectivity index (χ2v) is 11.3. The van der Waals surface area contributed by atoms with Crippen LogP contribution in [0.1, 0.15) is 43.5 Å². The van der Waals surface area contributed by atoms with Gasteiger partial charge in [0.15, 0.2) is 0 Å². The first-order valence-corrected chi connectivity index (χ1v) is 12.6. The standard InChI is InChI=1S/C25H30Br2N2O3/c1-25(2,3)32-24(30)29-10-8-28(9-11-29)23-21-7-5-4-6-18(21)14-22(23)31-16-17-12-19(26)15-20(27)13-17/h4-7,12-13,15,22-23H,8-11,14,16H2,1-3H3. The summed E-state index contributed by atoms with van der Waals surface area (Å²) in [6, 6.07) is 15.1. The summed E-state index contributed by atoms with van der Waals surface area (Å²) in [4.78, 5) is 16.8. The maximum atomic E-state index is 12.5. The SMILES string of the molecule is CC(C)(C)OC(=O)N1CCN(C2c3ccccc3CC2OCc2cc(Br)cc(Br)c2)CC1. The third kappa shape index (κ3) is 5.74. The van der Waals surface area contributed by atoms with Gasteiger partial charge in [-0.2, -0.15) is 0 Å². The number of halogens is 2. The normalized spacial score (nSPS) is 21.5. The smallest absolute Gasteiger partial charge is 0.410 e. The Morgan fingerprint density at radius 1 is 1.03 bits per heavy atom.